The topological polar surface area (TPSA) is 29.3 Å². The van der Waals surface area contributed by atoms with E-state index >= 15 is 0 Å². The fourth-order valence-electron chi connectivity index (χ4n) is 2.22. The van der Waals surface area contributed by atoms with E-state index in [-0.39, 0.29) is 0 Å². The number of rotatable bonds is 5. The minimum atomic E-state index is 0.386. The van der Waals surface area contributed by atoms with E-state index in [1.165, 1.54) is 5.56 Å². The minimum absolute atomic E-state index is 0.386. The summed E-state index contributed by atoms with van der Waals surface area (Å²) in [5.74, 6) is 0. The zero-order valence-electron chi connectivity index (χ0n) is 12.2. The molecule has 110 valence electrons. The molecule has 2 rings (SSSR count). The van der Waals surface area contributed by atoms with E-state index in [2.05, 4.69) is 65.0 Å². The van der Waals surface area contributed by atoms with Gasteiger partial charge in [0.2, 0.25) is 0 Å². The predicted molar refractivity (Wildman–Crippen MR) is 97.8 cm³/mol. The van der Waals surface area contributed by atoms with Gasteiger partial charge in [-0.25, -0.2) is 0 Å². The predicted octanol–water partition coefficient (Wildman–Crippen LogP) is 4.50. The monoisotopic (exact) mass is 362 g/mol. The Hall–Kier alpha value is -1.39. The Balaban J connectivity index is 2.32. The molecule has 4 heteroatoms. The molecule has 0 unspecified atom stereocenters. The van der Waals surface area contributed by atoms with Crippen molar-refractivity contribution >= 4 is 38.8 Å². The third kappa shape index (κ3) is 4.05. The van der Waals surface area contributed by atoms with Crippen molar-refractivity contribution in [3.05, 3.63) is 64.1 Å². The largest absolute Gasteiger partial charge is 0.389 e. The van der Waals surface area contributed by atoms with Crippen LogP contribution in [-0.4, -0.2) is 11.0 Å². The van der Waals surface area contributed by atoms with Crippen molar-refractivity contribution in [1.82, 2.24) is 0 Å². The quantitative estimate of drug-likeness (QED) is 0.794. The molecule has 0 saturated carbocycles. The lowest BCUT2D eigenvalue weighted by atomic mass is 10.1. The molecule has 0 aromatic heterocycles. The van der Waals surface area contributed by atoms with Crippen LogP contribution in [0.1, 0.15) is 25.0 Å². The van der Waals surface area contributed by atoms with Crippen LogP contribution in [0.4, 0.5) is 5.69 Å². The number of hydrogen-bond donors (Lipinski definition) is 1. The Morgan fingerprint density at radius 3 is 2.38 bits per heavy atom. The van der Waals surface area contributed by atoms with Crippen molar-refractivity contribution in [3.63, 3.8) is 0 Å². The van der Waals surface area contributed by atoms with Gasteiger partial charge in [-0.1, -0.05) is 42.5 Å². The van der Waals surface area contributed by atoms with Crippen molar-refractivity contribution < 1.29 is 0 Å². The normalized spacial score (nSPS) is 10.7. The first-order chi connectivity index (χ1) is 9.99. The number of hydrogen-bond acceptors (Lipinski definition) is 2. The second-order valence-corrected chi connectivity index (χ2v) is 6.53. The molecule has 0 aliphatic heterocycles. The van der Waals surface area contributed by atoms with Crippen molar-refractivity contribution in [3.8, 4) is 0 Å². The van der Waals surface area contributed by atoms with Crippen molar-refractivity contribution in [2.24, 2.45) is 5.73 Å². The van der Waals surface area contributed by atoms with Crippen LogP contribution in [0.15, 0.2) is 53.0 Å². The lowest BCUT2D eigenvalue weighted by Gasteiger charge is -2.30. The number of nitrogens with zero attached hydrogens (tertiary/aromatic N) is 1. The van der Waals surface area contributed by atoms with Gasteiger partial charge in [-0.05, 0) is 53.5 Å². The average molecular weight is 363 g/mol. The van der Waals surface area contributed by atoms with Gasteiger partial charge in [0.25, 0.3) is 0 Å². The van der Waals surface area contributed by atoms with Crippen LogP contribution in [0, 0.1) is 0 Å². The van der Waals surface area contributed by atoms with Crippen LogP contribution in [0.2, 0.25) is 0 Å². The Kier molecular flexibility index (Phi) is 5.37. The van der Waals surface area contributed by atoms with E-state index < -0.39 is 0 Å². The molecule has 0 aliphatic carbocycles. The highest BCUT2D eigenvalue weighted by atomic mass is 79.9. The summed E-state index contributed by atoms with van der Waals surface area (Å²) in [5, 5.41) is 0. The first kappa shape index (κ1) is 16.0. The molecule has 0 amide bonds. The van der Waals surface area contributed by atoms with Crippen molar-refractivity contribution in [2.75, 3.05) is 4.90 Å². The minimum Gasteiger partial charge on any atom is -0.389 e. The van der Waals surface area contributed by atoms with Crippen LogP contribution >= 0.6 is 28.1 Å². The number of halogens is 1. The molecule has 0 fully saturated rings. The molecule has 2 aromatic carbocycles. The summed E-state index contributed by atoms with van der Waals surface area (Å²) in [6.07, 6.45) is 0. The van der Waals surface area contributed by atoms with Crippen LogP contribution in [-0.2, 0) is 6.54 Å². The highest BCUT2D eigenvalue weighted by molar-refractivity contribution is 9.10. The molecule has 0 spiro atoms. The van der Waals surface area contributed by atoms with E-state index in [4.69, 9.17) is 18.0 Å². The standard InChI is InChI=1S/C17H19BrN2S/c1-12(2)20(11-13-6-4-3-5-7-13)16-9-8-14(17(19)21)10-15(16)18/h3-10,12H,11H2,1-2H3,(H2,19,21). The zero-order valence-corrected chi connectivity index (χ0v) is 14.6. The van der Waals surface area contributed by atoms with E-state index in [0.29, 0.717) is 11.0 Å². The number of nitrogens with two attached hydrogens (primary N) is 1. The maximum Gasteiger partial charge on any atom is 0.104 e. The van der Waals surface area contributed by atoms with Gasteiger partial charge in [-0.3, -0.25) is 0 Å². The summed E-state index contributed by atoms with van der Waals surface area (Å²) in [5.41, 5.74) is 9.00. The van der Waals surface area contributed by atoms with Crippen LogP contribution in [0.3, 0.4) is 0 Å². The zero-order chi connectivity index (χ0) is 15.4. The molecule has 0 radical (unpaired) electrons. The summed E-state index contributed by atoms with van der Waals surface area (Å²) >= 11 is 8.67. The second kappa shape index (κ2) is 7.05. The van der Waals surface area contributed by atoms with Gasteiger partial charge in [0.1, 0.15) is 4.99 Å². The highest BCUT2D eigenvalue weighted by Gasteiger charge is 2.15. The highest BCUT2D eigenvalue weighted by Crippen LogP contribution is 2.30. The van der Waals surface area contributed by atoms with E-state index in [9.17, 15) is 0 Å². The summed E-state index contributed by atoms with van der Waals surface area (Å²) in [7, 11) is 0. The Morgan fingerprint density at radius 2 is 1.86 bits per heavy atom. The van der Waals surface area contributed by atoms with Gasteiger partial charge in [-0.15, -0.1) is 0 Å². The van der Waals surface area contributed by atoms with Crippen molar-refractivity contribution in [1.29, 1.82) is 0 Å². The maximum absolute atomic E-state index is 5.69. The lowest BCUT2D eigenvalue weighted by molar-refractivity contribution is 0.681. The molecule has 0 aliphatic rings. The Bertz CT molecular complexity index is 626. The SMILES string of the molecule is CC(C)N(Cc1ccccc1)c1ccc(C(N)=S)cc1Br. The third-order valence-electron chi connectivity index (χ3n) is 3.36. The fraction of sp³-hybridized carbons (Fsp3) is 0.235. The van der Waals surface area contributed by atoms with Gasteiger partial charge >= 0.3 is 0 Å². The fourth-order valence-corrected chi connectivity index (χ4v) is 2.95. The van der Waals surface area contributed by atoms with Crippen LogP contribution < -0.4 is 10.6 Å². The molecule has 0 bridgehead atoms. The molecular formula is C17H19BrN2S. The van der Waals surface area contributed by atoms with Gasteiger partial charge in [-0.2, -0.15) is 0 Å². The molecule has 0 heterocycles. The van der Waals surface area contributed by atoms with Gasteiger partial charge in [0.05, 0.1) is 5.69 Å². The third-order valence-corrected chi connectivity index (χ3v) is 4.23. The molecule has 2 aromatic rings. The number of thiocarbonyl (C=S) groups is 1. The lowest BCUT2D eigenvalue weighted by Crippen LogP contribution is -2.30. The van der Waals surface area contributed by atoms with E-state index in [0.717, 1.165) is 22.3 Å². The number of anilines is 1. The second-order valence-electron chi connectivity index (χ2n) is 5.24. The smallest absolute Gasteiger partial charge is 0.104 e. The molecule has 0 atom stereocenters. The Morgan fingerprint density at radius 1 is 1.19 bits per heavy atom. The van der Waals surface area contributed by atoms with E-state index in [1.54, 1.807) is 0 Å². The van der Waals surface area contributed by atoms with Gasteiger partial charge < -0.3 is 10.6 Å². The summed E-state index contributed by atoms with van der Waals surface area (Å²) in [4.78, 5) is 2.77. The van der Waals surface area contributed by atoms with E-state index in [1.807, 2.05) is 18.2 Å². The average Bonchev–Trinajstić information content (AvgIpc) is 2.46. The van der Waals surface area contributed by atoms with Crippen LogP contribution in [0.5, 0.6) is 0 Å². The van der Waals surface area contributed by atoms with Gasteiger partial charge in [0, 0.05) is 22.6 Å². The Labute approximate surface area is 140 Å². The number of benzene rings is 2. The molecule has 2 N–H and O–H groups in total. The summed E-state index contributed by atoms with van der Waals surface area (Å²) in [6, 6.07) is 16.9. The maximum atomic E-state index is 5.69. The molecule has 0 saturated heterocycles. The van der Waals surface area contributed by atoms with Crippen LogP contribution in [0.25, 0.3) is 0 Å². The molecule has 21 heavy (non-hydrogen) atoms. The molecular weight excluding hydrogens is 344 g/mol. The van der Waals surface area contributed by atoms with Crippen molar-refractivity contribution in [2.45, 2.75) is 26.4 Å². The summed E-state index contributed by atoms with van der Waals surface area (Å²) in [6.45, 7) is 5.25. The first-order valence-corrected chi connectivity index (χ1v) is 8.09. The first-order valence-electron chi connectivity index (χ1n) is 6.89. The van der Waals surface area contributed by atoms with Gasteiger partial charge in [0.15, 0.2) is 0 Å². The molecule has 2 nitrogen and oxygen atoms in total. The summed E-state index contributed by atoms with van der Waals surface area (Å²) < 4.78 is 1.01.